The average molecular weight is 345 g/mol. The molecule has 24 heavy (non-hydrogen) atoms. The summed E-state index contributed by atoms with van der Waals surface area (Å²) in [6, 6.07) is 10.5. The number of aryl methyl sites for hydroxylation is 1. The van der Waals surface area contributed by atoms with Crippen molar-refractivity contribution in [2.45, 2.75) is 31.6 Å². The first-order valence-electron chi connectivity index (χ1n) is 8.24. The van der Waals surface area contributed by atoms with E-state index in [1.54, 1.807) is 30.5 Å². The quantitative estimate of drug-likeness (QED) is 0.922. The van der Waals surface area contributed by atoms with Crippen LogP contribution in [0.2, 0.25) is 0 Å². The molecule has 0 radical (unpaired) electrons. The molecule has 0 bridgehead atoms. The predicted molar refractivity (Wildman–Crippen MR) is 96.8 cm³/mol. The van der Waals surface area contributed by atoms with Crippen LogP contribution in [0.15, 0.2) is 47.5 Å². The topological polar surface area (TPSA) is 62.3 Å². The van der Waals surface area contributed by atoms with Gasteiger partial charge in [-0.1, -0.05) is 19.1 Å². The second kappa shape index (κ2) is 6.81. The molecule has 1 aliphatic rings. The molecule has 0 aliphatic carbocycles. The van der Waals surface area contributed by atoms with Crippen molar-refractivity contribution in [3.05, 3.63) is 48.2 Å². The van der Waals surface area contributed by atoms with Gasteiger partial charge in [-0.15, -0.1) is 0 Å². The lowest BCUT2D eigenvalue weighted by atomic mass is 9.99. The average Bonchev–Trinajstić information content (AvgIpc) is 2.56. The lowest BCUT2D eigenvalue weighted by Gasteiger charge is -2.31. The third-order valence-corrected chi connectivity index (χ3v) is 5.79. The van der Waals surface area contributed by atoms with Gasteiger partial charge >= 0.3 is 0 Å². The number of aromatic nitrogens is 1. The zero-order valence-corrected chi connectivity index (χ0v) is 14.9. The van der Waals surface area contributed by atoms with Gasteiger partial charge < -0.3 is 4.90 Å². The van der Waals surface area contributed by atoms with Crippen LogP contribution in [0.3, 0.4) is 0 Å². The van der Waals surface area contributed by atoms with Crippen LogP contribution in [0.4, 0.5) is 11.5 Å². The normalized spacial score (nSPS) is 16.2. The van der Waals surface area contributed by atoms with Crippen molar-refractivity contribution in [2.24, 2.45) is 5.92 Å². The Labute approximate surface area is 143 Å². The van der Waals surface area contributed by atoms with Gasteiger partial charge in [0, 0.05) is 13.1 Å². The maximum Gasteiger partial charge on any atom is 0.263 e. The number of hydrogen-bond donors (Lipinski definition) is 1. The third-order valence-electron chi connectivity index (χ3n) is 4.44. The van der Waals surface area contributed by atoms with Gasteiger partial charge in [0.25, 0.3) is 10.0 Å². The fourth-order valence-corrected chi connectivity index (χ4v) is 3.99. The minimum absolute atomic E-state index is 0.249. The summed E-state index contributed by atoms with van der Waals surface area (Å²) in [5.74, 6) is 1.11. The summed E-state index contributed by atoms with van der Waals surface area (Å²) in [5, 5.41) is 0. The Morgan fingerprint density at radius 3 is 2.54 bits per heavy atom. The Hall–Kier alpha value is -2.08. The third kappa shape index (κ3) is 3.87. The van der Waals surface area contributed by atoms with Crippen LogP contribution in [-0.4, -0.2) is 26.5 Å². The Morgan fingerprint density at radius 1 is 1.17 bits per heavy atom. The van der Waals surface area contributed by atoms with E-state index in [9.17, 15) is 8.42 Å². The van der Waals surface area contributed by atoms with Crippen LogP contribution in [-0.2, 0) is 10.0 Å². The van der Waals surface area contributed by atoms with Gasteiger partial charge in [0.2, 0.25) is 0 Å². The molecule has 0 atom stereocenters. The summed E-state index contributed by atoms with van der Waals surface area (Å²) < 4.78 is 27.4. The maximum atomic E-state index is 12.4. The SMILES string of the molecule is Cc1cccc(S(=O)(=O)Nc2ccc(N3CCC(C)CC3)cn2)c1. The minimum atomic E-state index is -3.61. The van der Waals surface area contributed by atoms with Crippen molar-refractivity contribution >= 4 is 21.5 Å². The summed E-state index contributed by atoms with van der Waals surface area (Å²) in [5.41, 5.74) is 1.95. The Balaban J connectivity index is 1.72. The number of pyridine rings is 1. The fourth-order valence-electron chi connectivity index (χ4n) is 2.88. The van der Waals surface area contributed by atoms with Crippen LogP contribution in [0.1, 0.15) is 25.3 Å². The Bertz CT molecular complexity index is 795. The molecule has 2 aromatic rings. The second-order valence-electron chi connectivity index (χ2n) is 6.49. The first kappa shape index (κ1) is 16.8. The van der Waals surface area contributed by atoms with Crippen LogP contribution in [0.25, 0.3) is 0 Å². The monoisotopic (exact) mass is 345 g/mol. The molecule has 2 heterocycles. The van der Waals surface area contributed by atoms with Gasteiger partial charge in [0.1, 0.15) is 5.82 Å². The summed E-state index contributed by atoms with van der Waals surface area (Å²) >= 11 is 0. The van der Waals surface area contributed by atoms with E-state index < -0.39 is 10.0 Å². The molecule has 0 saturated carbocycles. The number of nitrogens with one attached hydrogen (secondary N) is 1. The fraction of sp³-hybridized carbons (Fsp3) is 0.389. The van der Waals surface area contributed by atoms with Crippen molar-refractivity contribution in [3.8, 4) is 0 Å². The number of rotatable bonds is 4. The van der Waals surface area contributed by atoms with Crippen LogP contribution in [0, 0.1) is 12.8 Å². The van der Waals surface area contributed by atoms with Gasteiger partial charge in [-0.3, -0.25) is 4.72 Å². The van der Waals surface area contributed by atoms with E-state index in [0.29, 0.717) is 5.82 Å². The van der Waals surface area contributed by atoms with E-state index >= 15 is 0 Å². The summed E-state index contributed by atoms with van der Waals surface area (Å²) in [4.78, 5) is 6.82. The lowest BCUT2D eigenvalue weighted by Crippen LogP contribution is -2.32. The number of piperidine rings is 1. The molecule has 128 valence electrons. The van der Waals surface area contributed by atoms with Gasteiger partial charge in [-0.25, -0.2) is 13.4 Å². The summed E-state index contributed by atoms with van der Waals surface area (Å²) in [7, 11) is -3.61. The first-order valence-corrected chi connectivity index (χ1v) is 9.73. The molecule has 1 aromatic heterocycles. The Morgan fingerprint density at radius 2 is 1.92 bits per heavy atom. The summed E-state index contributed by atoms with van der Waals surface area (Å²) in [6.07, 6.45) is 4.10. The number of sulfonamides is 1. The van der Waals surface area contributed by atoms with Crippen LogP contribution < -0.4 is 9.62 Å². The molecule has 1 N–H and O–H groups in total. The highest BCUT2D eigenvalue weighted by atomic mass is 32.2. The molecule has 1 aliphatic heterocycles. The summed E-state index contributed by atoms with van der Waals surface area (Å²) in [6.45, 7) is 6.19. The number of benzene rings is 1. The molecule has 0 amide bonds. The number of hydrogen-bond acceptors (Lipinski definition) is 4. The first-order chi connectivity index (χ1) is 11.4. The largest absolute Gasteiger partial charge is 0.370 e. The van der Waals surface area contributed by atoms with Gasteiger partial charge in [0.05, 0.1) is 16.8 Å². The van der Waals surface area contributed by atoms with E-state index in [1.807, 2.05) is 19.1 Å². The molecule has 1 aromatic carbocycles. The zero-order valence-electron chi connectivity index (χ0n) is 14.1. The molecule has 0 unspecified atom stereocenters. The standard InChI is InChI=1S/C18H23N3O2S/c1-14-8-10-21(11-9-14)16-6-7-18(19-13-16)20-24(22,23)17-5-3-4-15(2)12-17/h3-7,12-14H,8-11H2,1-2H3,(H,19,20). The molecular weight excluding hydrogens is 322 g/mol. The molecule has 3 rings (SSSR count). The second-order valence-corrected chi connectivity index (χ2v) is 8.18. The van der Waals surface area contributed by atoms with Gasteiger partial charge in [-0.2, -0.15) is 0 Å². The van der Waals surface area contributed by atoms with Crippen molar-refractivity contribution in [1.29, 1.82) is 0 Å². The van der Waals surface area contributed by atoms with E-state index in [4.69, 9.17) is 0 Å². The van der Waals surface area contributed by atoms with E-state index in [1.165, 1.54) is 12.8 Å². The minimum Gasteiger partial charge on any atom is -0.370 e. The van der Waals surface area contributed by atoms with E-state index in [0.717, 1.165) is 30.3 Å². The smallest absolute Gasteiger partial charge is 0.263 e. The van der Waals surface area contributed by atoms with E-state index in [-0.39, 0.29) is 4.90 Å². The predicted octanol–water partition coefficient (Wildman–Crippen LogP) is 3.43. The molecular formula is C18H23N3O2S. The van der Waals surface area contributed by atoms with Crippen molar-refractivity contribution < 1.29 is 8.42 Å². The molecule has 5 nitrogen and oxygen atoms in total. The molecule has 1 saturated heterocycles. The van der Waals surface area contributed by atoms with Crippen molar-refractivity contribution in [1.82, 2.24) is 4.98 Å². The lowest BCUT2D eigenvalue weighted by molar-refractivity contribution is 0.438. The maximum absolute atomic E-state index is 12.4. The van der Waals surface area contributed by atoms with Gasteiger partial charge in [-0.05, 0) is 55.5 Å². The number of nitrogens with zero attached hydrogens (tertiary/aromatic N) is 2. The van der Waals surface area contributed by atoms with E-state index in [2.05, 4.69) is 21.5 Å². The Kier molecular flexibility index (Phi) is 4.76. The zero-order chi connectivity index (χ0) is 17.2. The molecule has 0 spiro atoms. The molecule has 6 heteroatoms. The van der Waals surface area contributed by atoms with Crippen LogP contribution >= 0.6 is 0 Å². The highest BCUT2D eigenvalue weighted by Gasteiger charge is 2.17. The van der Waals surface area contributed by atoms with Gasteiger partial charge in [0.15, 0.2) is 0 Å². The molecule has 1 fully saturated rings. The van der Waals surface area contributed by atoms with Crippen LogP contribution in [0.5, 0.6) is 0 Å². The number of anilines is 2. The van der Waals surface area contributed by atoms with Crippen molar-refractivity contribution in [3.63, 3.8) is 0 Å². The highest BCUT2D eigenvalue weighted by molar-refractivity contribution is 7.92. The highest BCUT2D eigenvalue weighted by Crippen LogP contribution is 2.23. The van der Waals surface area contributed by atoms with Crippen molar-refractivity contribution in [2.75, 3.05) is 22.7 Å².